The number of aromatic nitrogens is 1. The van der Waals surface area contributed by atoms with Gasteiger partial charge in [0.1, 0.15) is 11.6 Å². The number of piperidine rings is 1. The van der Waals surface area contributed by atoms with E-state index in [4.69, 9.17) is 16.3 Å². The second-order valence-electron chi connectivity index (χ2n) is 8.29. The molecule has 0 spiro atoms. The SMILES string of the molecule is Cc1nc(-c2ccc(Cl)cc2)sc1COC(=O)NC1CCCN(c2cccc(C(=O)O)c2C)C1. The van der Waals surface area contributed by atoms with Crippen molar-refractivity contribution in [3.63, 3.8) is 0 Å². The molecule has 3 aromatic rings. The van der Waals surface area contributed by atoms with Crippen LogP contribution in [0.5, 0.6) is 0 Å². The lowest BCUT2D eigenvalue weighted by Gasteiger charge is -2.35. The zero-order chi connectivity index (χ0) is 24.2. The molecule has 9 heteroatoms. The van der Waals surface area contributed by atoms with Crippen LogP contribution in [0.4, 0.5) is 10.5 Å². The fourth-order valence-electron chi connectivity index (χ4n) is 4.13. The van der Waals surface area contributed by atoms with Gasteiger partial charge in [-0.1, -0.05) is 29.8 Å². The van der Waals surface area contributed by atoms with E-state index in [1.165, 1.54) is 11.3 Å². The van der Waals surface area contributed by atoms with Crippen molar-refractivity contribution >= 4 is 40.7 Å². The van der Waals surface area contributed by atoms with Crippen molar-refractivity contribution in [1.82, 2.24) is 10.3 Å². The number of hydrogen-bond acceptors (Lipinski definition) is 6. The average molecular weight is 500 g/mol. The van der Waals surface area contributed by atoms with Gasteiger partial charge in [-0.15, -0.1) is 11.3 Å². The Morgan fingerprint density at radius 1 is 1.24 bits per heavy atom. The summed E-state index contributed by atoms with van der Waals surface area (Å²) < 4.78 is 5.50. The Kier molecular flexibility index (Phi) is 7.38. The molecule has 1 aliphatic rings. The van der Waals surface area contributed by atoms with Crippen LogP contribution in [0.15, 0.2) is 42.5 Å². The molecule has 0 aliphatic carbocycles. The predicted molar refractivity (Wildman–Crippen MR) is 134 cm³/mol. The molecular weight excluding hydrogens is 474 g/mol. The molecule has 1 aromatic heterocycles. The number of carboxylic acids is 1. The first-order chi connectivity index (χ1) is 16.3. The maximum Gasteiger partial charge on any atom is 0.407 e. The molecule has 178 valence electrons. The second-order valence-corrected chi connectivity index (χ2v) is 9.82. The molecular formula is C25H26ClN3O4S. The highest BCUT2D eigenvalue weighted by atomic mass is 35.5. The smallest absolute Gasteiger partial charge is 0.407 e. The Bertz CT molecular complexity index is 1200. The molecule has 2 aromatic carbocycles. The molecule has 1 fully saturated rings. The van der Waals surface area contributed by atoms with Crippen LogP contribution in [0.25, 0.3) is 10.6 Å². The summed E-state index contributed by atoms with van der Waals surface area (Å²) in [4.78, 5) is 31.6. The van der Waals surface area contributed by atoms with Crippen LogP contribution in [-0.4, -0.2) is 41.3 Å². The van der Waals surface area contributed by atoms with Gasteiger partial charge in [-0.2, -0.15) is 0 Å². The third kappa shape index (κ3) is 5.51. The number of aryl methyl sites for hydroxylation is 1. The Hall–Kier alpha value is -3.10. The fourth-order valence-corrected chi connectivity index (χ4v) is 5.24. The highest BCUT2D eigenvalue weighted by Gasteiger charge is 2.24. The number of amides is 1. The molecule has 0 saturated carbocycles. The minimum absolute atomic E-state index is 0.0821. The number of nitrogens with zero attached hydrogens (tertiary/aromatic N) is 2. The van der Waals surface area contributed by atoms with E-state index in [0.29, 0.717) is 17.1 Å². The summed E-state index contributed by atoms with van der Waals surface area (Å²) in [7, 11) is 0. The summed E-state index contributed by atoms with van der Waals surface area (Å²) >= 11 is 7.46. The van der Waals surface area contributed by atoms with Crippen LogP contribution in [0, 0.1) is 13.8 Å². The van der Waals surface area contributed by atoms with Gasteiger partial charge in [0.25, 0.3) is 0 Å². The van der Waals surface area contributed by atoms with Gasteiger partial charge in [0.2, 0.25) is 0 Å². The van der Waals surface area contributed by atoms with Crippen LogP contribution >= 0.6 is 22.9 Å². The number of nitrogens with one attached hydrogen (secondary N) is 1. The van der Waals surface area contributed by atoms with Gasteiger partial charge in [0.05, 0.1) is 16.1 Å². The molecule has 1 saturated heterocycles. The zero-order valence-corrected chi connectivity index (χ0v) is 20.6. The number of carbonyl (C=O) groups is 2. The molecule has 1 unspecified atom stereocenters. The van der Waals surface area contributed by atoms with E-state index in [-0.39, 0.29) is 12.6 Å². The maximum atomic E-state index is 12.5. The Balaban J connectivity index is 1.34. The monoisotopic (exact) mass is 499 g/mol. The van der Waals surface area contributed by atoms with Crippen LogP contribution in [0.1, 0.15) is 39.3 Å². The number of alkyl carbamates (subject to hydrolysis) is 1. The van der Waals surface area contributed by atoms with Gasteiger partial charge in [0, 0.05) is 35.4 Å². The lowest BCUT2D eigenvalue weighted by Crippen LogP contribution is -2.48. The number of carboxylic acid groups (broad SMARTS) is 1. The Labute approximate surface area is 207 Å². The lowest BCUT2D eigenvalue weighted by atomic mass is 10.0. The number of benzene rings is 2. The molecule has 7 nitrogen and oxygen atoms in total. The molecule has 4 rings (SSSR count). The summed E-state index contributed by atoms with van der Waals surface area (Å²) in [6, 6.07) is 12.7. The van der Waals surface area contributed by atoms with Crippen LogP contribution < -0.4 is 10.2 Å². The van der Waals surface area contributed by atoms with Crippen molar-refractivity contribution in [2.24, 2.45) is 0 Å². The first-order valence-corrected chi connectivity index (χ1v) is 12.2. The lowest BCUT2D eigenvalue weighted by molar-refractivity contribution is 0.0696. The molecule has 2 N–H and O–H groups in total. The summed E-state index contributed by atoms with van der Waals surface area (Å²) in [5.41, 5.74) is 3.72. The van der Waals surface area contributed by atoms with Crippen molar-refractivity contribution in [2.45, 2.75) is 39.3 Å². The van der Waals surface area contributed by atoms with Crippen molar-refractivity contribution in [3.8, 4) is 10.6 Å². The van der Waals surface area contributed by atoms with Crippen LogP contribution in [-0.2, 0) is 11.3 Å². The van der Waals surface area contributed by atoms with Crippen LogP contribution in [0.2, 0.25) is 5.02 Å². The van der Waals surface area contributed by atoms with Gasteiger partial charge in [-0.3, -0.25) is 0 Å². The quantitative estimate of drug-likeness (QED) is 0.453. The first kappa shape index (κ1) is 24.0. The Morgan fingerprint density at radius 2 is 2.00 bits per heavy atom. The topological polar surface area (TPSA) is 91.8 Å². The van der Waals surface area contributed by atoms with Crippen molar-refractivity contribution < 1.29 is 19.4 Å². The standard InChI is InChI=1S/C25H26ClN3O4S/c1-15-20(24(30)31)6-3-7-21(15)29-12-4-5-19(13-29)28-25(32)33-14-22-16(2)27-23(34-22)17-8-10-18(26)11-9-17/h3,6-11,19H,4-5,12-14H2,1-2H3,(H,28,32)(H,30,31). The van der Waals surface area contributed by atoms with Crippen molar-refractivity contribution in [1.29, 1.82) is 0 Å². The van der Waals surface area contributed by atoms with E-state index in [0.717, 1.165) is 51.8 Å². The van der Waals surface area contributed by atoms with E-state index >= 15 is 0 Å². The zero-order valence-electron chi connectivity index (χ0n) is 19.0. The van der Waals surface area contributed by atoms with Gasteiger partial charge in [-0.05, 0) is 56.5 Å². The van der Waals surface area contributed by atoms with Crippen molar-refractivity contribution in [2.75, 3.05) is 18.0 Å². The number of carbonyl (C=O) groups excluding carboxylic acids is 1. The van der Waals surface area contributed by atoms with Gasteiger partial charge >= 0.3 is 12.1 Å². The third-order valence-electron chi connectivity index (χ3n) is 5.94. The first-order valence-electron chi connectivity index (χ1n) is 11.0. The summed E-state index contributed by atoms with van der Waals surface area (Å²) in [6.45, 7) is 5.28. The highest BCUT2D eigenvalue weighted by Crippen LogP contribution is 2.30. The van der Waals surface area contributed by atoms with E-state index in [2.05, 4.69) is 15.2 Å². The number of thiazole rings is 1. The average Bonchev–Trinajstić information content (AvgIpc) is 3.18. The van der Waals surface area contributed by atoms with E-state index < -0.39 is 12.1 Å². The summed E-state index contributed by atoms with van der Waals surface area (Å²) in [5.74, 6) is -0.938. The third-order valence-corrected chi connectivity index (χ3v) is 7.37. The fraction of sp³-hybridized carbons (Fsp3) is 0.320. The number of rotatable bonds is 6. The molecule has 2 heterocycles. The summed E-state index contributed by atoms with van der Waals surface area (Å²) in [6.07, 6.45) is 1.26. The predicted octanol–water partition coefficient (Wildman–Crippen LogP) is 5.67. The number of halogens is 1. The van der Waals surface area contributed by atoms with E-state index in [1.807, 2.05) is 44.2 Å². The van der Waals surface area contributed by atoms with Gasteiger partial charge in [-0.25, -0.2) is 14.6 Å². The maximum absolute atomic E-state index is 12.5. The molecule has 1 atom stereocenters. The number of ether oxygens (including phenoxy) is 1. The molecule has 0 bridgehead atoms. The minimum Gasteiger partial charge on any atom is -0.478 e. The number of hydrogen-bond donors (Lipinski definition) is 2. The van der Waals surface area contributed by atoms with Gasteiger partial charge in [0.15, 0.2) is 0 Å². The normalized spacial score (nSPS) is 15.7. The Morgan fingerprint density at radius 3 is 2.74 bits per heavy atom. The summed E-state index contributed by atoms with van der Waals surface area (Å²) in [5, 5.41) is 13.9. The number of anilines is 1. The molecule has 0 radical (unpaired) electrons. The highest BCUT2D eigenvalue weighted by molar-refractivity contribution is 7.15. The van der Waals surface area contributed by atoms with Crippen LogP contribution in [0.3, 0.4) is 0 Å². The van der Waals surface area contributed by atoms with Crippen molar-refractivity contribution in [3.05, 3.63) is 69.2 Å². The number of aromatic carboxylic acids is 1. The molecule has 1 aliphatic heterocycles. The largest absolute Gasteiger partial charge is 0.478 e. The second kappa shape index (κ2) is 10.4. The van der Waals surface area contributed by atoms with Gasteiger partial charge < -0.3 is 20.1 Å². The van der Waals surface area contributed by atoms with E-state index in [9.17, 15) is 14.7 Å². The molecule has 1 amide bonds. The minimum atomic E-state index is -0.938. The molecule has 34 heavy (non-hydrogen) atoms. The van der Waals surface area contributed by atoms with E-state index in [1.54, 1.807) is 12.1 Å².